The molecule has 0 aliphatic heterocycles. The zero-order chi connectivity index (χ0) is 9.14. The number of hydrogen-bond donors (Lipinski definition) is 2. The molecule has 0 radical (unpaired) electrons. The molecule has 0 spiro atoms. The lowest BCUT2D eigenvalue weighted by Crippen LogP contribution is -2.29. The van der Waals surface area contributed by atoms with Gasteiger partial charge in [-0.2, -0.15) is 0 Å². The molecule has 12 heavy (non-hydrogen) atoms. The minimum absolute atomic E-state index is 0.317. The molecular weight excluding hydrogens is 158 g/mol. The van der Waals surface area contributed by atoms with Crippen molar-refractivity contribution < 1.29 is 14.4 Å². The molecule has 1 atom stereocenters. The van der Waals surface area contributed by atoms with Crippen LogP contribution in [0.2, 0.25) is 0 Å². The van der Waals surface area contributed by atoms with Gasteiger partial charge in [-0.05, 0) is 17.9 Å². The molecule has 0 fully saturated rings. The molecule has 0 aromatic heterocycles. The second-order valence-electron chi connectivity index (χ2n) is 2.66. The van der Waals surface area contributed by atoms with Crippen molar-refractivity contribution in [2.24, 2.45) is 0 Å². The summed E-state index contributed by atoms with van der Waals surface area (Å²) >= 11 is 0. The standard InChI is InChI=1S/C8H10BFO2/c1-6(10)7-3-2-4-8(5-7)9(11)12/h2-6,11-12H,1H3. The first-order valence-electron chi connectivity index (χ1n) is 3.71. The van der Waals surface area contributed by atoms with E-state index in [-0.39, 0.29) is 0 Å². The number of alkyl halides is 1. The molecule has 2 nitrogen and oxygen atoms in total. The second kappa shape index (κ2) is 3.69. The summed E-state index contributed by atoms with van der Waals surface area (Å²) in [6, 6.07) is 6.18. The molecule has 0 saturated carbocycles. The zero-order valence-electron chi connectivity index (χ0n) is 6.74. The Kier molecular flexibility index (Phi) is 2.84. The third kappa shape index (κ3) is 2.06. The number of halogens is 1. The first-order chi connectivity index (χ1) is 5.61. The zero-order valence-corrected chi connectivity index (χ0v) is 6.74. The van der Waals surface area contributed by atoms with Gasteiger partial charge in [-0.15, -0.1) is 0 Å². The fraction of sp³-hybridized carbons (Fsp3) is 0.250. The van der Waals surface area contributed by atoms with Gasteiger partial charge in [0, 0.05) is 0 Å². The Morgan fingerprint density at radius 3 is 2.58 bits per heavy atom. The summed E-state index contributed by atoms with van der Waals surface area (Å²) in [5, 5.41) is 17.5. The highest BCUT2D eigenvalue weighted by Crippen LogP contribution is 2.13. The minimum Gasteiger partial charge on any atom is -0.423 e. The van der Waals surface area contributed by atoms with Gasteiger partial charge in [0.1, 0.15) is 6.17 Å². The van der Waals surface area contributed by atoms with E-state index in [1.54, 1.807) is 12.1 Å². The SMILES string of the molecule is CC(F)c1cccc(B(O)O)c1. The maximum absolute atomic E-state index is 12.7. The maximum atomic E-state index is 12.7. The Labute approximate surface area is 70.8 Å². The second-order valence-corrected chi connectivity index (χ2v) is 2.66. The maximum Gasteiger partial charge on any atom is 0.488 e. The lowest BCUT2D eigenvalue weighted by molar-refractivity contribution is 0.374. The molecule has 1 aromatic rings. The smallest absolute Gasteiger partial charge is 0.423 e. The molecule has 0 saturated heterocycles. The van der Waals surface area contributed by atoms with Crippen LogP contribution in [0.4, 0.5) is 4.39 Å². The van der Waals surface area contributed by atoms with Gasteiger partial charge in [-0.3, -0.25) is 0 Å². The molecule has 0 amide bonds. The monoisotopic (exact) mass is 168 g/mol. The van der Waals surface area contributed by atoms with E-state index >= 15 is 0 Å². The molecule has 4 heteroatoms. The van der Waals surface area contributed by atoms with Crippen molar-refractivity contribution in [3.05, 3.63) is 29.8 Å². The summed E-state index contributed by atoms with van der Waals surface area (Å²) in [6.07, 6.45) is -1.08. The summed E-state index contributed by atoms with van der Waals surface area (Å²) in [5.74, 6) is 0. The Balaban J connectivity index is 2.96. The van der Waals surface area contributed by atoms with E-state index in [0.717, 1.165) is 0 Å². The first-order valence-corrected chi connectivity index (χ1v) is 3.71. The van der Waals surface area contributed by atoms with Gasteiger partial charge in [0.15, 0.2) is 0 Å². The summed E-state index contributed by atoms with van der Waals surface area (Å²) in [7, 11) is -1.52. The summed E-state index contributed by atoms with van der Waals surface area (Å²) < 4.78 is 12.7. The Morgan fingerprint density at radius 2 is 2.08 bits per heavy atom. The van der Waals surface area contributed by atoms with Gasteiger partial charge >= 0.3 is 7.12 Å². The van der Waals surface area contributed by atoms with Crippen LogP contribution in [-0.2, 0) is 0 Å². The molecule has 1 aromatic carbocycles. The highest BCUT2D eigenvalue weighted by molar-refractivity contribution is 6.58. The van der Waals surface area contributed by atoms with Crippen LogP contribution in [0.25, 0.3) is 0 Å². The normalized spacial score (nSPS) is 12.7. The van der Waals surface area contributed by atoms with Crippen molar-refractivity contribution >= 4 is 12.6 Å². The van der Waals surface area contributed by atoms with Crippen LogP contribution in [0.3, 0.4) is 0 Å². The van der Waals surface area contributed by atoms with E-state index < -0.39 is 13.3 Å². The van der Waals surface area contributed by atoms with E-state index in [1.807, 2.05) is 0 Å². The Morgan fingerprint density at radius 1 is 1.42 bits per heavy atom. The number of rotatable bonds is 2. The van der Waals surface area contributed by atoms with Crippen LogP contribution in [0, 0.1) is 0 Å². The Hall–Kier alpha value is -0.865. The average Bonchev–Trinajstić information content (AvgIpc) is 2.04. The fourth-order valence-electron chi connectivity index (χ4n) is 0.967. The molecule has 64 valence electrons. The van der Waals surface area contributed by atoms with Gasteiger partial charge in [-0.25, -0.2) is 4.39 Å². The topological polar surface area (TPSA) is 40.5 Å². The highest BCUT2D eigenvalue weighted by atomic mass is 19.1. The first kappa shape index (κ1) is 9.22. The van der Waals surface area contributed by atoms with Crippen molar-refractivity contribution in [3.8, 4) is 0 Å². The number of benzene rings is 1. The van der Waals surface area contributed by atoms with E-state index in [2.05, 4.69) is 0 Å². The van der Waals surface area contributed by atoms with Gasteiger partial charge in [0.05, 0.1) is 0 Å². The van der Waals surface area contributed by atoms with Crippen LogP contribution >= 0.6 is 0 Å². The molecular formula is C8H10BFO2. The van der Waals surface area contributed by atoms with Crippen molar-refractivity contribution in [3.63, 3.8) is 0 Å². The van der Waals surface area contributed by atoms with Crippen LogP contribution in [0.15, 0.2) is 24.3 Å². The van der Waals surface area contributed by atoms with E-state index in [4.69, 9.17) is 10.0 Å². The molecule has 0 aliphatic rings. The van der Waals surface area contributed by atoms with Crippen molar-refractivity contribution in [1.29, 1.82) is 0 Å². The summed E-state index contributed by atoms with van der Waals surface area (Å²) in [6.45, 7) is 1.41. The predicted octanol–water partition coefficient (Wildman–Crippen LogP) is 0.397. The van der Waals surface area contributed by atoms with Crippen LogP contribution in [-0.4, -0.2) is 17.2 Å². The fourth-order valence-corrected chi connectivity index (χ4v) is 0.967. The largest absolute Gasteiger partial charge is 0.488 e. The lowest BCUT2D eigenvalue weighted by Gasteiger charge is -2.04. The number of hydrogen-bond acceptors (Lipinski definition) is 2. The minimum atomic E-state index is -1.52. The molecule has 0 bridgehead atoms. The molecule has 1 unspecified atom stereocenters. The van der Waals surface area contributed by atoms with Crippen LogP contribution in [0.1, 0.15) is 18.7 Å². The molecule has 1 rings (SSSR count). The van der Waals surface area contributed by atoms with Gasteiger partial charge in [-0.1, -0.05) is 24.3 Å². The van der Waals surface area contributed by atoms with E-state index in [1.165, 1.54) is 19.1 Å². The van der Waals surface area contributed by atoms with Crippen molar-refractivity contribution in [2.45, 2.75) is 13.1 Å². The van der Waals surface area contributed by atoms with Gasteiger partial charge < -0.3 is 10.0 Å². The van der Waals surface area contributed by atoms with Crippen LogP contribution in [0.5, 0.6) is 0 Å². The third-order valence-corrected chi connectivity index (χ3v) is 1.67. The van der Waals surface area contributed by atoms with Crippen molar-refractivity contribution in [2.75, 3.05) is 0 Å². The van der Waals surface area contributed by atoms with Crippen LogP contribution < -0.4 is 5.46 Å². The highest BCUT2D eigenvalue weighted by Gasteiger charge is 2.12. The molecule has 0 aliphatic carbocycles. The van der Waals surface area contributed by atoms with E-state index in [0.29, 0.717) is 11.0 Å². The summed E-state index contributed by atoms with van der Waals surface area (Å²) in [5.41, 5.74) is 0.776. The summed E-state index contributed by atoms with van der Waals surface area (Å²) in [4.78, 5) is 0. The molecule has 0 heterocycles. The molecule has 2 N–H and O–H groups in total. The van der Waals surface area contributed by atoms with E-state index in [9.17, 15) is 4.39 Å². The quantitative estimate of drug-likeness (QED) is 0.627. The van der Waals surface area contributed by atoms with Gasteiger partial charge in [0.2, 0.25) is 0 Å². The lowest BCUT2D eigenvalue weighted by atomic mass is 9.79. The third-order valence-electron chi connectivity index (χ3n) is 1.67. The Bertz CT molecular complexity index is 240. The van der Waals surface area contributed by atoms with Crippen molar-refractivity contribution in [1.82, 2.24) is 0 Å². The predicted molar refractivity (Wildman–Crippen MR) is 45.8 cm³/mol. The van der Waals surface area contributed by atoms with Gasteiger partial charge in [0.25, 0.3) is 0 Å². The average molecular weight is 168 g/mol.